The van der Waals surface area contributed by atoms with Gasteiger partial charge in [-0.3, -0.25) is 14.4 Å². The van der Waals surface area contributed by atoms with Crippen molar-refractivity contribution in [3.05, 3.63) is 47.5 Å². The van der Waals surface area contributed by atoms with Crippen LogP contribution in [0.5, 0.6) is 0 Å². The van der Waals surface area contributed by atoms with Crippen molar-refractivity contribution in [3.63, 3.8) is 0 Å². The number of nitrogen functional groups attached to an aromatic ring is 1. The molecule has 8 heteroatoms. The van der Waals surface area contributed by atoms with Gasteiger partial charge in [0.25, 0.3) is 0 Å². The normalized spacial score (nSPS) is 9.92. The van der Waals surface area contributed by atoms with Crippen molar-refractivity contribution < 1.29 is 14.4 Å². The molecule has 0 aliphatic carbocycles. The van der Waals surface area contributed by atoms with Gasteiger partial charge in [0.2, 0.25) is 5.91 Å². The van der Waals surface area contributed by atoms with Crippen molar-refractivity contribution in [2.24, 2.45) is 0 Å². The van der Waals surface area contributed by atoms with E-state index in [0.29, 0.717) is 22.7 Å². The van der Waals surface area contributed by atoms with Gasteiger partial charge in [-0.1, -0.05) is 17.7 Å². The minimum Gasteiger partial charge on any atom is -0.398 e. The van der Waals surface area contributed by atoms with Crippen LogP contribution in [0.15, 0.2) is 42.5 Å². The van der Waals surface area contributed by atoms with Crippen molar-refractivity contribution in [2.45, 2.75) is 6.92 Å². The lowest BCUT2D eigenvalue weighted by Crippen LogP contribution is -2.29. The van der Waals surface area contributed by atoms with Crippen molar-refractivity contribution in [1.82, 2.24) is 0 Å². The van der Waals surface area contributed by atoms with Crippen molar-refractivity contribution in [1.29, 1.82) is 0 Å². The fourth-order valence-electron chi connectivity index (χ4n) is 1.86. The van der Waals surface area contributed by atoms with Crippen LogP contribution in [-0.2, 0) is 14.4 Å². The van der Waals surface area contributed by atoms with E-state index in [2.05, 4.69) is 16.0 Å². The summed E-state index contributed by atoms with van der Waals surface area (Å²) in [6.07, 6.45) is 0. The van der Waals surface area contributed by atoms with E-state index in [1.807, 2.05) is 0 Å². The number of rotatable bonds is 3. The predicted octanol–water partition coefficient (Wildman–Crippen LogP) is 2.46. The molecule has 0 aromatic heterocycles. The Labute approximate surface area is 143 Å². The molecule has 0 spiro atoms. The quantitative estimate of drug-likeness (QED) is 0.505. The maximum Gasteiger partial charge on any atom is 0.314 e. The molecular weight excluding hydrogens is 332 g/mol. The van der Waals surface area contributed by atoms with Gasteiger partial charge < -0.3 is 21.7 Å². The summed E-state index contributed by atoms with van der Waals surface area (Å²) in [4.78, 5) is 34.9. The van der Waals surface area contributed by atoms with Gasteiger partial charge >= 0.3 is 11.8 Å². The third kappa shape index (κ3) is 4.72. The van der Waals surface area contributed by atoms with Gasteiger partial charge in [0.15, 0.2) is 0 Å². The number of amides is 3. The molecule has 0 aliphatic heterocycles. The van der Waals surface area contributed by atoms with Crippen molar-refractivity contribution in [2.75, 3.05) is 21.7 Å². The van der Waals surface area contributed by atoms with Gasteiger partial charge in [0.1, 0.15) is 0 Å². The highest BCUT2D eigenvalue weighted by Crippen LogP contribution is 2.22. The summed E-state index contributed by atoms with van der Waals surface area (Å²) in [6, 6.07) is 10.9. The highest BCUT2D eigenvalue weighted by Gasteiger charge is 2.14. The summed E-state index contributed by atoms with van der Waals surface area (Å²) in [6.45, 7) is 1.37. The largest absolute Gasteiger partial charge is 0.398 e. The molecule has 7 nitrogen and oxygen atoms in total. The van der Waals surface area contributed by atoms with Gasteiger partial charge in [0, 0.05) is 24.0 Å². The Balaban J connectivity index is 2.02. The summed E-state index contributed by atoms with van der Waals surface area (Å²) in [7, 11) is 0. The van der Waals surface area contributed by atoms with E-state index in [4.69, 9.17) is 17.3 Å². The summed E-state index contributed by atoms with van der Waals surface area (Å²) in [5.41, 5.74) is 7.17. The Morgan fingerprint density at radius 1 is 0.875 bits per heavy atom. The van der Waals surface area contributed by atoms with Crippen LogP contribution < -0.4 is 21.7 Å². The molecule has 3 amide bonds. The molecule has 0 fully saturated rings. The lowest BCUT2D eigenvalue weighted by molar-refractivity contribution is -0.132. The maximum absolute atomic E-state index is 11.9. The first kappa shape index (κ1) is 17.3. The van der Waals surface area contributed by atoms with E-state index in [9.17, 15) is 14.4 Å². The van der Waals surface area contributed by atoms with Crippen LogP contribution >= 0.6 is 11.6 Å². The molecule has 0 radical (unpaired) electrons. The Morgan fingerprint density at radius 3 is 1.96 bits per heavy atom. The molecule has 0 aliphatic rings. The Morgan fingerprint density at radius 2 is 1.42 bits per heavy atom. The summed E-state index contributed by atoms with van der Waals surface area (Å²) in [5.74, 6) is -1.96. The van der Waals surface area contributed by atoms with Gasteiger partial charge in [-0.2, -0.15) is 0 Å². The monoisotopic (exact) mass is 346 g/mol. The predicted molar refractivity (Wildman–Crippen MR) is 93.9 cm³/mol. The second-order valence-corrected chi connectivity index (χ2v) is 5.31. The third-order valence-corrected chi connectivity index (χ3v) is 3.23. The zero-order valence-electron chi connectivity index (χ0n) is 12.7. The lowest BCUT2D eigenvalue weighted by Gasteiger charge is -2.09. The summed E-state index contributed by atoms with van der Waals surface area (Å²) >= 11 is 5.85. The molecule has 124 valence electrons. The average molecular weight is 347 g/mol. The van der Waals surface area contributed by atoms with E-state index >= 15 is 0 Å². The van der Waals surface area contributed by atoms with Crippen molar-refractivity contribution >= 4 is 52.1 Å². The molecule has 0 bridgehead atoms. The molecule has 24 heavy (non-hydrogen) atoms. The van der Waals surface area contributed by atoms with Crippen LogP contribution in [0.3, 0.4) is 0 Å². The topological polar surface area (TPSA) is 113 Å². The molecule has 0 heterocycles. The Kier molecular flexibility index (Phi) is 5.39. The molecule has 0 unspecified atom stereocenters. The first-order valence-corrected chi connectivity index (χ1v) is 7.28. The number of hydrogen-bond acceptors (Lipinski definition) is 4. The van der Waals surface area contributed by atoms with Crippen molar-refractivity contribution in [3.8, 4) is 0 Å². The first-order valence-electron chi connectivity index (χ1n) is 6.90. The van der Waals surface area contributed by atoms with Crippen LogP contribution in [0.2, 0.25) is 5.02 Å². The molecule has 0 saturated heterocycles. The average Bonchev–Trinajstić information content (AvgIpc) is 2.50. The smallest absolute Gasteiger partial charge is 0.314 e. The Bertz CT molecular complexity index is 808. The number of nitrogens with two attached hydrogens (primary N) is 1. The fraction of sp³-hybridized carbons (Fsp3) is 0.0625. The van der Waals surface area contributed by atoms with E-state index in [-0.39, 0.29) is 10.9 Å². The number of benzene rings is 2. The minimum absolute atomic E-state index is 0.239. The molecule has 0 atom stereocenters. The molecule has 5 N–H and O–H groups in total. The zero-order chi connectivity index (χ0) is 17.7. The van der Waals surface area contributed by atoms with Gasteiger partial charge in [-0.05, 0) is 36.4 Å². The van der Waals surface area contributed by atoms with Gasteiger partial charge in [-0.15, -0.1) is 0 Å². The molecule has 0 saturated carbocycles. The van der Waals surface area contributed by atoms with Crippen LogP contribution in [0.25, 0.3) is 0 Å². The molecule has 2 aromatic carbocycles. The van der Waals surface area contributed by atoms with E-state index in [0.717, 1.165) is 0 Å². The van der Waals surface area contributed by atoms with E-state index < -0.39 is 11.8 Å². The van der Waals surface area contributed by atoms with Crippen LogP contribution in [0, 0.1) is 0 Å². The zero-order valence-corrected chi connectivity index (χ0v) is 13.5. The minimum atomic E-state index is -0.860. The second kappa shape index (κ2) is 7.47. The SMILES string of the molecule is CC(=O)Nc1cccc(NC(=O)C(=O)Nc2ccc(N)c(Cl)c2)c1. The van der Waals surface area contributed by atoms with Gasteiger partial charge in [0.05, 0.1) is 10.7 Å². The second-order valence-electron chi connectivity index (χ2n) is 4.91. The lowest BCUT2D eigenvalue weighted by atomic mass is 10.2. The number of halogens is 1. The van der Waals surface area contributed by atoms with Crippen LogP contribution in [0.1, 0.15) is 6.92 Å². The third-order valence-electron chi connectivity index (χ3n) is 2.91. The standard InChI is InChI=1S/C16H15ClN4O3/c1-9(22)19-10-3-2-4-11(7-10)20-15(23)16(24)21-12-5-6-14(18)13(17)8-12/h2-8H,18H2,1H3,(H,19,22)(H,20,23)(H,21,24). The number of nitrogens with one attached hydrogen (secondary N) is 3. The summed E-state index contributed by atoms with van der Waals surface area (Å²) < 4.78 is 0. The summed E-state index contributed by atoms with van der Waals surface area (Å²) in [5, 5.41) is 7.71. The molecular formula is C16H15ClN4O3. The number of anilines is 4. The van der Waals surface area contributed by atoms with E-state index in [1.54, 1.807) is 18.2 Å². The fourth-order valence-corrected chi connectivity index (χ4v) is 2.04. The highest BCUT2D eigenvalue weighted by molar-refractivity contribution is 6.43. The number of carbonyl (C=O) groups is 3. The highest BCUT2D eigenvalue weighted by atomic mass is 35.5. The van der Waals surface area contributed by atoms with Crippen LogP contribution in [-0.4, -0.2) is 17.7 Å². The number of carbonyl (C=O) groups excluding carboxylic acids is 3. The maximum atomic E-state index is 11.9. The Hall–Kier alpha value is -3.06. The van der Waals surface area contributed by atoms with E-state index in [1.165, 1.54) is 31.2 Å². The molecule has 2 aromatic rings. The number of hydrogen-bond donors (Lipinski definition) is 4. The molecule has 2 rings (SSSR count). The van der Waals surface area contributed by atoms with Crippen LogP contribution in [0.4, 0.5) is 22.7 Å². The first-order chi connectivity index (χ1) is 11.3. The van der Waals surface area contributed by atoms with Gasteiger partial charge in [-0.25, -0.2) is 0 Å².